The van der Waals surface area contributed by atoms with Crippen molar-refractivity contribution in [3.05, 3.63) is 11.6 Å². The molecule has 0 aromatic rings. The molecule has 0 spiro atoms. The van der Waals surface area contributed by atoms with Crippen molar-refractivity contribution in [1.29, 1.82) is 0 Å². The van der Waals surface area contributed by atoms with Gasteiger partial charge in [-0.15, -0.1) is 0 Å². The highest BCUT2D eigenvalue weighted by molar-refractivity contribution is 5.01. The van der Waals surface area contributed by atoms with E-state index in [1.54, 1.807) is 5.57 Å². The van der Waals surface area contributed by atoms with Gasteiger partial charge in [0.1, 0.15) is 0 Å². The zero-order valence-electron chi connectivity index (χ0n) is 9.73. The van der Waals surface area contributed by atoms with E-state index in [2.05, 4.69) is 26.8 Å². The molecular formula is C13H26. The molecule has 0 bridgehead atoms. The van der Waals surface area contributed by atoms with Crippen molar-refractivity contribution in [1.82, 2.24) is 0 Å². The number of allylic oxidation sites excluding steroid dienone is 2. The normalized spacial score (nSPS) is 12.1. The molecule has 0 aromatic heterocycles. The average molecular weight is 182 g/mol. The molecule has 78 valence electrons. The van der Waals surface area contributed by atoms with Crippen molar-refractivity contribution in [2.45, 2.75) is 72.1 Å². The first kappa shape index (κ1) is 12.7. The molecule has 0 aliphatic heterocycles. The van der Waals surface area contributed by atoms with E-state index in [0.29, 0.717) is 0 Å². The molecule has 0 aromatic carbocycles. The maximum absolute atomic E-state index is 2.49. The summed E-state index contributed by atoms with van der Waals surface area (Å²) in [4.78, 5) is 0. The number of rotatable bonds is 8. The third-order valence-electron chi connectivity index (χ3n) is 2.41. The summed E-state index contributed by atoms with van der Waals surface area (Å²) in [5.74, 6) is 0. The molecule has 0 aliphatic rings. The molecule has 0 nitrogen and oxygen atoms in total. The van der Waals surface area contributed by atoms with Crippen LogP contribution in [0, 0.1) is 0 Å². The van der Waals surface area contributed by atoms with Crippen LogP contribution < -0.4 is 0 Å². The molecule has 0 saturated heterocycles. The van der Waals surface area contributed by atoms with E-state index in [4.69, 9.17) is 0 Å². The van der Waals surface area contributed by atoms with E-state index in [-0.39, 0.29) is 0 Å². The largest absolute Gasteiger partial charge is 0.0853 e. The maximum Gasteiger partial charge on any atom is -0.0320 e. The molecule has 0 heterocycles. The Morgan fingerprint density at radius 3 is 2.08 bits per heavy atom. The van der Waals surface area contributed by atoms with Gasteiger partial charge in [0.05, 0.1) is 0 Å². The van der Waals surface area contributed by atoms with E-state index in [1.807, 2.05) is 0 Å². The molecule has 0 N–H and O–H groups in total. The predicted octanol–water partition coefficient (Wildman–Crippen LogP) is 5.09. The molecule has 0 unspecified atom stereocenters. The van der Waals surface area contributed by atoms with Crippen LogP contribution in [0.4, 0.5) is 0 Å². The van der Waals surface area contributed by atoms with Gasteiger partial charge in [0.2, 0.25) is 0 Å². The van der Waals surface area contributed by atoms with E-state index in [9.17, 15) is 0 Å². The van der Waals surface area contributed by atoms with Gasteiger partial charge in [-0.1, -0.05) is 58.1 Å². The van der Waals surface area contributed by atoms with Gasteiger partial charge in [-0.05, 0) is 25.7 Å². The Morgan fingerprint density at radius 1 is 0.846 bits per heavy atom. The third-order valence-corrected chi connectivity index (χ3v) is 2.41. The number of hydrogen-bond donors (Lipinski definition) is 0. The van der Waals surface area contributed by atoms with Crippen LogP contribution in [-0.2, 0) is 0 Å². The SMILES string of the molecule is CCCC/C=C(\CCC)CCCC. The van der Waals surface area contributed by atoms with Gasteiger partial charge in [0, 0.05) is 0 Å². The summed E-state index contributed by atoms with van der Waals surface area (Å²) in [7, 11) is 0. The first-order chi connectivity index (χ1) is 6.35. The molecule has 0 rings (SSSR count). The third kappa shape index (κ3) is 8.08. The van der Waals surface area contributed by atoms with Crippen LogP contribution in [-0.4, -0.2) is 0 Å². The summed E-state index contributed by atoms with van der Waals surface area (Å²) < 4.78 is 0. The highest BCUT2D eigenvalue weighted by atomic mass is 14.0. The van der Waals surface area contributed by atoms with Gasteiger partial charge in [-0.2, -0.15) is 0 Å². The van der Waals surface area contributed by atoms with E-state index < -0.39 is 0 Å². The fourth-order valence-electron chi connectivity index (χ4n) is 1.56. The minimum Gasteiger partial charge on any atom is -0.0853 e. The van der Waals surface area contributed by atoms with E-state index in [1.165, 1.54) is 51.4 Å². The lowest BCUT2D eigenvalue weighted by atomic mass is 10.0. The van der Waals surface area contributed by atoms with Gasteiger partial charge >= 0.3 is 0 Å². The fraction of sp³-hybridized carbons (Fsp3) is 0.846. The first-order valence-corrected chi connectivity index (χ1v) is 6.03. The molecular weight excluding hydrogens is 156 g/mol. The minimum absolute atomic E-state index is 1.30. The van der Waals surface area contributed by atoms with Crippen LogP contribution in [0.25, 0.3) is 0 Å². The molecule has 0 aliphatic carbocycles. The summed E-state index contributed by atoms with van der Waals surface area (Å²) in [6, 6.07) is 0. The zero-order valence-corrected chi connectivity index (χ0v) is 9.73. The van der Waals surface area contributed by atoms with Gasteiger partial charge in [-0.3, -0.25) is 0 Å². The van der Waals surface area contributed by atoms with Crippen LogP contribution in [0.2, 0.25) is 0 Å². The van der Waals surface area contributed by atoms with Gasteiger partial charge in [-0.25, -0.2) is 0 Å². The number of unbranched alkanes of at least 4 members (excludes halogenated alkanes) is 3. The molecule has 13 heavy (non-hydrogen) atoms. The molecule has 0 saturated carbocycles. The van der Waals surface area contributed by atoms with Gasteiger partial charge in [0.25, 0.3) is 0 Å². The minimum atomic E-state index is 1.30. The van der Waals surface area contributed by atoms with Crippen LogP contribution in [0.1, 0.15) is 72.1 Å². The summed E-state index contributed by atoms with van der Waals surface area (Å²) >= 11 is 0. The topological polar surface area (TPSA) is 0 Å². The molecule has 0 atom stereocenters. The average Bonchev–Trinajstić information content (AvgIpc) is 2.14. The second-order valence-electron chi connectivity index (χ2n) is 3.86. The van der Waals surface area contributed by atoms with E-state index >= 15 is 0 Å². The molecule has 0 heteroatoms. The lowest BCUT2D eigenvalue weighted by Crippen LogP contribution is -1.84. The first-order valence-electron chi connectivity index (χ1n) is 6.03. The van der Waals surface area contributed by atoms with Gasteiger partial charge < -0.3 is 0 Å². The van der Waals surface area contributed by atoms with Crippen molar-refractivity contribution in [2.75, 3.05) is 0 Å². The van der Waals surface area contributed by atoms with Crippen LogP contribution in [0.5, 0.6) is 0 Å². The Kier molecular flexibility index (Phi) is 9.63. The Bertz CT molecular complexity index is 122. The summed E-state index contributed by atoms with van der Waals surface area (Å²) in [5, 5.41) is 0. The Labute approximate surface area is 84.4 Å². The Hall–Kier alpha value is -0.260. The fourth-order valence-corrected chi connectivity index (χ4v) is 1.56. The van der Waals surface area contributed by atoms with Crippen LogP contribution in [0.3, 0.4) is 0 Å². The van der Waals surface area contributed by atoms with Crippen molar-refractivity contribution in [2.24, 2.45) is 0 Å². The molecule has 0 radical (unpaired) electrons. The number of hydrogen-bond acceptors (Lipinski definition) is 0. The van der Waals surface area contributed by atoms with Crippen LogP contribution >= 0.6 is 0 Å². The lowest BCUT2D eigenvalue weighted by Gasteiger charge is -2.04. The quantitative estimate of drug-likeness (QED) is 0.362. The second-order valence-corrected chi connectivity index (χ2v) is 3.86. The lowest BCUT2D eigenvalue weighted by molar-refractivity contribution is 0.728. The highest BCUT2D eigenvalue weighted by Gasteiger charge is 1.95. The standard InChI is InChI=1S/C13H26/c1-4-7-9-12-13(10-6-3)11-8-5-2/h12H,4-11H2,1-3H3/b13-12+. The molecule has 0 fully saturated rings. The Morgan fingerprint density at radius 2 is 1.54 bits per heavy atom. The highest BCUT2D eigenvalue weighted by Crippen LogP contribution is 2.15. The maximum atomic E-state index is 2.49. The monoisotopic (exact) mass is 182 g/mol. The van der Waals surface area contributed by atoms with Crippen molar-refractivity contribution in [3.8, 4) is 0 Å². The summed E-state index contributed by atoms with van der Waals surface area (Å²) in [5.41, 5.74) is 1.71. The van der Waals surface area contributed by atoms with Crippen molar-refractivity contribution in [3.63, 3.8) is 0 Å². The van der Waals surface area contributed by atoms with Crippen molar-refractivity contribution >= 4 is 0 Å². The smallest absolute Gasteiger partial charge is 0.0320 e. The van der Waals surface area contributed by atoms with Crippen LogP contribution in [0.15, 0.2) is 11.6 Å². The summed E-state index contributed by atoms with van der Waals surface area (Å²) in [6.07, 6.45) is 13.1. The van der Waals surface area contributed by atoms with E-state index in [0.717, 1.165) is 0 Å². The Balaban J connectivity index is 3.69. The molecule has 0 amide bonds. The second kappa shape index (κ2) is 9.83. The zero-order chi connectivity index (χ0) is 9.94. The summed E-state index contributed by atoms with van der Waals surface area (Å²) in [6.45, 7) is 6.81. The predicted molar refractivity (Wildman–Crippen MR) is 62.0 cm³/mol. The van der Waals surface area contributed by atoms with Crippen molar-refractivity contribution < 1.29 is 0 Å². The van der Waals surface area contributed by atoms with Gasteiger partial charge in [0.15, 0.2) is 0 Å².